The first-order valence-corrected chi connectivity index (χ1v) is 9.98. The normalized spacial score (nSPS) is 19.4. The van der Waals surface area contributed by atoms with E-state index in [2.05, 4.69) is 11.8 Å². The van der Waals surface area contributed by atoms with Crippen LogP contribution in [0.25, 0.3) is 6.08 Å². The number of hydrogen-bond donors (Lipinski definition) is 0. The van der Waals surface area contributed by atoms with E-state index in [4.69, 9.17) is 0 Å². The van der Waals surface area contributed by atoms with Gasteiger partial charge in [-0.25, -0.2) is 13.2 Å². The standard InChI is InChI=1S/C25H25F3/c1-2-3-4-5-23-24(27)16-19(17-25(23)28)7-6-18-8-10-20(11-9-18)21-12-14-22(26)15-13-21/h4-5,8-11,16-17,21-22H,2-3,12-15H2,1H3/b5-4+. The highest BCUT2D eigenvalue weighted by atomic mass is 19.1. The zero-order valence-electron chi connectivity index (χ0n) is 16.2. The van der Waals surface area contributed by atoms with Crippen LogP contribution in [0.3, 0.4) is 0 Å². The minimum absolute atomic E-state index is 0.0219. The van der Waals surface area contributed by atoms with Crippen LogP contribution < -0.4 is 0 Å². The molecule has 0 aromatic heterocycles. The molecule has 0 N–H and O–H groups in total. The number of allylic oxidation sites excluding steroid dienone is 1. The van der Waals surface area contributed by atoms with Gasteiger partial charge in [-0.1, -0.05) is 49.5 Å². The second-order valence-corrected chi connectivity index (χ2v) is 7.37. The molecule has 0 heterocycles. The fourth-order valence-electron chi connectivity index (χ4n) is 3.55. The van der Waals surface area contributed by atoms with Crippen molar-refractivity contribution in [3.05, 3.63) is 76.4 Å². The van der Waals surface area contributed by atoms with Crippen LogP contribution in [0.4, 0.5) is 13.2 Å². The van der Waals surface area contributed by atoms with Gasteiger partial charge in [0.2, 0.25) is 0 Å². The summed E-state index contributed by atoms with van der Waals surface area (Å²) in [7, 11) is 0. The number of unbranched alkanes of at least 4 members (excludes halogenated alkanes) is 1. The highest BCUT2D eigenvalue weighted by molar-refractivity contribution is 5.54. The molecule has 1 aliphatic carbocycles. The van der Waals surface area contributed by atoms with Crippen molar-refractivity contribution >= 4 is 6.08 Å². The third-order valence-corrected chi connectivity index (χ3v) is 5.21. The van der Waals surface area contributed by atoms with E-state index in [1.54, 1.807) is 6.08 Å². The maximum Gasteiger partial charge on any atom is 0.134 e. The number of hydrogen-bond acceptors (Lipinski definition) is 0. The number of halogens is 3. The lowest BCUT2D eigenvalue weighted by molar-refractivity contribution is 0.235. The van der Waals surface area contributed by atoms with Crippen LogP contribution in [-0.2, 0) is 0 Å². The molecule has 0 bridgehead atoms. The lowest BCUT2D eigenvalue weighted by Crippen LogP contribution is -2.13. The van der Waals surface area contributed by atoms with Crippen molar-refractivity contribution in [2.45, 2.75) is 57.5 Å². The summed E-state index contributed by atoms with van der Waals surface area (Å²) < 4.78 is 41.6. The Hall–Kier alpha value is -2.47. The minimum atomic E-state index is -0.657. The Balaban J connectivity index is 1.71. The molecule has 1 aliphatic rings. The molecule has 0 unspecified atom stereocenters. The van der Waals surface area contributed by atoms with Gasteiger partial charge in [0.25, 0.3) is 0 Å². The van der Waals surface area contributed by atoms with Gasteiger partial charge >= 0.3 is 0 Å². The van der Waals surface area contributed by atoms with Gasteiger partial charge in [0.1, 0.15) is 17.8 Å². The summed E-state index contributed by atoms with van der Waals surface area (Å²) in [5, 5.41) is 0. The van der Waals surface area contributed by atoms with E-state index < -0.39 is 17.8 Å². The number of benzene rings is 2. The molecule has 0 nitrogen and oxygen atoms in total. The molecule has 0 radical (unpaired) electrons. The van der Waals surface area contributed by atoms with E-state index in [1.807, 2.05) is 31.2 Å². The van der Waals surface area contributed by atoms with Gasteiger partial charge in [0.05, 0.1) is 0 Å². The summed E-state index contributed by atoms with van der Waals surface area (Å²) in [6.45, 7) is 2.01. The Morgan fingerprint density at radius 3 is 2.14 bits per heavy atom. The average molecular weight is 382 g/mol. The molecule has 0 amide bonds. The van der Waals surface area contributed by atoms with E-state index in [0.29, 0.717) is 24.3 Å². The maximum atomic E-state index is 14.2. The van der Waals surface area contributed by atoms with Crippen LogP contribution in [-0.4, -0.2) is 6.17 Å². The van der Waals surface area contributed by atoms with Gasteiger partial charge in [-0.05, 0) is 67.9 Å². The fourth-order valence-corrected chi connectivity index (χ4v) is 3.55. The molecule has 1 fully saturated rings. The molecule has 28 heavy (non-hydrogen) atoms. The molecule has 0 spiro atoms. The van der Waals surface area contributed by atoms with E-state index in [-0.39, 0.29) is 5.56 Å². The fraction of sp³-hybridized carbons (Fsp3) is 0.360. The second kappa shape index (κ2) is 9.64. The molecular weight excluding hydrogens is 357 g/mol. The first kappa shape index (κ1) is 20.3. The lowest BCUT2D eigenvalue weighted by Gasteiger charge is -2.24. The van der Waals surface area contributed by atoms with Gasteiger partial charge in [0.15, 0.2) is 0 Å². The molecule has 2 aromatic carbocycles. The lowest BCUT2D eigenvalue weighted by atomic mass is 9.83. The zero-order chi connectivity index (χ0) is 19.9. The number of rotatable bonds is 4. The van der Waals surface area contributed by atoms with Crippen molar-refractivity contribution in [2.75, 3.05) is 0 Å². The van der Waals surface area contributed by atoms with Crippen LogP contribution in [0.2, 0.25) is 0 Å². The molecule has 0 aliphatic heterocycles. The van der Waals surface area contributed by atoms with Crippen molar-refractivity contribution in [2.24, 2.45) is 0 Å². The third kappa shape index (κ3) is 5.29. The Labute approximate surface area is 165 Å². The first-order chi connectivity index (χ1) is 13.6. The summed E-state index contributed by atoms with van der Waals surface area (Å²) in [6.07, 6.45) is 7.34. The van der Waals surface area contributed by atoms with Crippen LogP contribution in [0.15, 0.2) is 42.5 Å². The van der Waals surface area contributed by atoms with E-state index in [1.165, 1.54) is 23.8 Å². The minimum Gasteiger partial charge on any atom is -0.247 e. The quantitative estimate of drug-likeness (QED) is 0.492. The van der Waals surface area contributed by atoms with Crippen molar-refractivity contribution in [1.82, 2.24) is 0 Å². The Morgan fingerprint density at radius 1 is 0.929 bits per heavy atom. The molecule has 0 saturated heterocycles. The second-order valence-electron chi connectivity index (χ2n) is 7.37. The molecule has 0 atom stereocenters. The summed E-state index contributed by atoms with van der Waals surface area (Å²) >= 11 is 0. The molecule has 1 saturated carbocycles. The summed E-state index contributed by atoms with van der Waals surface area (Å²) in [5.74, 6) is 5.01. The molecule has 146 valence electrons. The van der Waals surface area contributed by atoms with Crippen molar-refractivity contribution < 1.29 is 13.2 Å². The summed E-state index contributed by atoms with van der Waals surface area (Å²) in [4.78, 5) is 0. The van der Waals surface area contributed by atoms with Crippen molar-refractivity contribution in [3.63, 3.8) is 0 Å². The Kier molecular flexibility index (Phi) is 6.98. The largest absolute Gasteiger partial charge is 0.247 e. The van der Waals surface area contributed by atoms with Crippen molar-refractivity contribution in [1.29, 1.82) is 0 Å². The third-order valence-electron chi connectivity index (χ3n) is 5.21. The summed E-state index contributed by atoms with van der Waals surface area (Å²) in [6, 6.07) is 10.4. The van der Waals surface area contributed by atoms with Gasteiger partial charge in [-0.2, -0.15) is 0 Å². The van der Waals surface area contributed by atoms with E-state index in [0.717, 1.165) is 31.2 Å². The van der Waals surface area contributed by atoms with E-state index >= 15 is 0 Å². The SMILES string of the molecule is CCC/C=C/c1c(F)cc(C#Cc2ccc(C3CCC(F)CC3)cc2)cc1F. The van der Waals surface area contributed by atoms with Gasteiger partial charge in [-0.3, -0.25) is 0 Å². The topological polar surface area (TPSA) is 0 Å². The Morgan fingerprint density at radius 2 is 1.54 bits per heavy atom. The van der Waals surface area contributed by atoms with Gasteiger partial charge in [-0.15, -0.1) is 0 Å². The van der Waals surface area contributed by atoms with Crippen LogP contribution in [0, 0.1) is 23.5 Å². The van der Waals surface area contributed by atoms with Gasteiger partial charge in [0, 0.05) is 16.7 Å². The van der Waals surface area contributed by atoms with Crippen molar-refractivity contribution in [3.8, 4) is 11.8 Å². The molecular formula is C25H25F3. The molecule has 3 rings (SSSR count). The van der Waals surface area contributed by atoms with Gasteiger partial charge < -0.3 is 0 Å². The highest BCUT2D eigenvalue weighted by Crippen LogP contribution is 2.34. The van der Waals surface area contributed by atoms with Crippen LogP contribution in [0.5, 0.6) is 0 Å². The highest BCUT2D eigenvalue weighted by Gasteiger charge is 2.21. The zero-order valence-corrected chi connectivity index (χ0v) is 16.2. The predicted molar refractivity (Wildman–Crippen MR) is 109 cm³/mol. The molecule has 2 aromatic rings. The number of alkyl halides is 1. The van der Waals surface area contributed by atoms with Crippen LogP contribution in [0.1, 0.15) is 73.6 Å². The van der Waals surface area contributed by atoms with Crippen LogP contribution >= 0.6 is 0 Å². The monoisotopic (exact) mass is 382 g/mol. The first-order valence-electron chi connectivity index (χ1n) is 9.98. The summed E-state index contributed by atoms with van der Waals surface area (Å²) in [5.41, 5.74) is 2.28. The van der Waals surface area contributed by atoms with E-state index in [9.17, 15) is 13.2 Å². The smallest absolute Gasteiger partial charge is 0.134 e. The Bertz CT molecular complexity index is 853. The average Bonchev–Trinajstić information content (AvgIpc) is 2.69. The molecule has 3 heteroatoms. The maximum absolute atomic E-state index is 14.2. The predicted octanol–water partition coefficient (Wildman–Crippen LogP) is 7.17.